The summed E-state index contributed by atoms with van der Waals surface area (Å²) in [6, 6.07) is 4.77. The topological polar surface area (TPSA) is 95.0 Å². The Morgan fingerprint density at radius 2 is 1.93 bits per heavy atom. The first-order valence-corrected chi connectivity index (χ1v) is 9.42. The molecule has 1 aliphatic heterocycles. The minimum atomic E-state index is -0.632. The number of hydrogen-bond acceptors (Lipinski definition) is 4. The molecule has 0 radical (unpaired) electrons. The Morgan fingerprint density at radius 1 is 1.21 bits per heavy atom. The number of nitrogens with one attached hydrogen (secondary N) is 3. The van der Waals surface area contributed by atoms with Crippen LogP contribution in [0.1, 0.15) is 44.6 Å². The number of amides is 3. The summed E-state index contributed by atoms with van der Waals surface area (Å²) in [5, 5.41) is 16.3. The van der Waals surface area contributed by atoms with Gasteiger partial charge in [-0.3, -0.25) is 4.79 Å². The van der Waals surface area contributed by atoms with E-state index in [0.717, 1.165) is 12.0 Å². The van der Waals surface area contributed by atoms with E-state index in [9.17, 15) is 14.0 Å². The van der Waals surface area contributed by atoms with Gasteiger partial charge in [-0.2, -0.15) is 10.2 Å². The Morgan fingerprint density at radius 3 is 2.54 bits per heavy atom. The van der Waals surface area contributed by atoms with Crippen LogP contribution in [-0.4, -0.2) is 30.2 Å². The quantitative estimate of drug-likeness (QED) is 0.509. The van der Waals surface area contributed by atoms with Crippen molar-refractivity contribution in [2.24, 2.45) is 10.2 Å². The standard InChI is InChI=1S/C20H26FN5O2/c1-3-5-11-20(25-26-20)12-13-22-18(27)17(6-4-2)24-19(28)23-14-15-7-9-16(21)10-8-15/h1,7-10,17H,4-6,11-14H2,2H3,(H,22,27)(H2,23,24,28). The number of hydrogen-bond donors (Lipinski definition) is 3. The minimum absolute atomic E-state index is 0.243. The number of rotatable bonds is 11. The molecule has 0 saturated carbocycles. The molecule has 7 nitrogen and oxygen atoms in total. The number of carbonyl (C=O) groups excluding carboxylic acids is 2. The van der Waals surface area contributed by atoms with Crippen molar-refractivity contribution in [3.63, 3.8) is 0 Å². The van der Waals surface area contributed by atoms with Crippen LogP contribution in [0.15, 0.2) is 34.5 Å². The molecule has 1 atom stereocenters. The van der Waals surface area contributed by atoms with Crippen LogP contribution in [-0.2, 0) is 11.3 Å². The van der Waals surface area contributed by atoms with Crippen molar-refractivity contribution < 1.29 is 14.0 Å². The van der Waals surface area contributed by atoms with Crippen molar-refractivity contribution in [1.29, 1.82) is 0 Å². The van der Waals surface area contributed by atoms with Crippen LogP contribution in [0, 0.1) is 18.2 Å². The van der Waals surface area contributed by atoms with Gasteiger partial charge in [0.2, 0.25) is 5.91 Å². The molecule has 0 spiro atoms. The highest BCUT2D eigenvalue weighted by molar-refractivity contribution is 5.86. The molecule has 1 heterocycles. The third kappa shape index (κ3) is 6.99. The van der Waals surface area contributed by atoms with Gasteiger partial charge >= 0.3 is 6.03 Å². The van der Waals surface area contributed by atoms with Crippen molar-refractivity contribution in [1.82, 2.24) is 16.0 Å². The van der Waals surface area contributed by atoms with Crippen LogP contribution in [0.5, 0.6) is 0 Å². The molecule has 1 unspecified atom stereocenters. The van der Waals surface area contributed by atoms with Gasteiger partial charge < -0.3 is 16.0 Å². The average Bonchev–Trinajstić information content (AvgIpc) is 3.45. The lowest BCUT2D eigenvalue weighted by Crippen LogP contribution is -2.50. The zero-order valence-electron chi connectivity index (χ0n) is 16.0. The lowest BCUT2D eigenvalue weighted by molar-refractivity contribution is -0.123. The van der Waals surface area contributed by atoms with Crippen LogP contribution >= 0.6 is 0 Å². The zero-order valence-corrected chi connectivity index (χ0v) is 16.0. The van der Waals surface area contributed by atoms with E-state index in [1.54, 1.807) is 12.1 Å². The van der Waals surface area contributed by atoms with Gasteiger partial charge in [-0.25, -0.2) is 9.18 Å². The van der Waals surface area contributed by atoms with Crippen LogP contribution < -0.4 is 16.0 Å². The van der Waals surface area contributed by atoms with Crippen molar-refractivity contribution in [2.75, 3.05) is 6.54 Å². The molecule has 2 rings (SSSR count). The van der Waals surface area contributed by atoms with Gasteiger partial charge in [0.05, 0.1) is 0 Å². The van der Waals surface area contributed by atoms with Crippen LogP contribution in [0.3, 0.4) is 0 Å². The fourth-order valence-electron chi connectivity index (χ4n) is 2.73. The minimum Gasteiger partial charge on any atom is -0.354 e. The highest BCUT2D eigenvalue weighted by atomic mass is 19.1. The Labute approximate surface area is 164 Å². The molecule has 3 amide bonds. The van der Waals surface area contributed by atoms with Crippen LogP contribution in [0.25, 0.3) is 0 Å². The third-order valence-electron chi connectivity index (χ3n) is 4.44. The van der Waals surface area contributed by atoms with Crippen molar-refractivity contribution in [2.45, 2.75) is 57.3 Å². The molecule has 28 heavy (non-hydrogen) atoms. The number of terminal acetylenes is 1. The summed E-state index contributed by atoms with van der Waals surface area (Å²) >= 11 is 0. The van der Waals surface area contributed by atoms with Gasteiger partial charge in [0.25, 0.3) is 0 Å². The maximum absolute atomic E-state index is 12.9. The Hall–Kier alpha value is -2.95. The molecule has 3 N–H and O–H groups in total. The molecule has 0 aromatic heterocycles. The van der Waals surface area contributed by atoms with E-state index < -0.39 is 17.7 Å². The fourth-order valence-corrected chi connectivity index (χ4v) is 2.73. The summed E-state index contributed by atoms with van der Waals surface area (Å²) in [6.45, 7) is 2.60. The molecule has 1 aromatic rings. The normalized spacial score (nSPS) is 14.6. The fraction of sp³-hybridized carbons (Fsp3) is 0.500. The van der Waals surface area contributed by atoms with Gasteiger partial charge in [-0.1, -0.05) is 25.5 Å². The largest absolute Gasteiger partial charge is 0.354 e. The molecule has 150 valence electrons. The summed E-state index contributed by atoms with van der Waals surface area (Å²) in [4.78, 5) is 24.5. The highest BCUT2D eigenvalue weighted by Crippen LogP contribution is 2.35. The zero-order chi connectivity index (χ0) is 20.4. The molecule has 8 heteroatoms. The monoisotopic (exact) mass is 387 g/mol. The predicted molar refractivity (Wildman–Crippen MR) is 104 cm³/mol. The van der Waals surface area contributed by atoms with E-state index in [-0.39, 0.29) is 18.3 Å². The molecular weight excluding hydrogens is 361 g/mol. The van der Waals surface area contributed by atoms with Crippen LogP contribution in [0.2, 0.25) is 0 Å². The van der Waals surface area contributed by atoms with E-state index in [0.29, 0.717) is 32.2 Å². The van der Waals surface area contributed by atoms with Gasteiger partial charge in [-0.15, -0.1) is 12.3 Å². The molecule has 0 aliphatic carbocycles. The predicted octanol–water partition coefficient (Wildman–Crippen LogP) is 2.88. The number of urea groups is 1. The highest BCUT2D eigenvalue weighted by Gasteiger charge is 2.38. The molecule has 0 fully saturated rings. The number of benzene rings is 1. The maximum Gasteiger partial charge on any atom is 0.315 e. The summed E-state index contributed by atoms with van der Waals surface area (Å²) in [5.41, 5.74) is 0.321. The lowest BCUT2D eigenvalue weighted by Gasteiger charge is -2.19. The first-order valence-electron chi connectivity index (χ1n) is 9.42. The Kier molecular flexibility index (Phi) is 7.93. The van der Waals surface area contributed by atoms with Gasteiger partial charge in [0, 0.05) is 32.4 Å². The van der Waals surface area contributed by atoms with E-state index in [1.807, 2.05) is 6.92 Å². The van der Waals surface area contributed by atoms with Gasteiger partial charge in [0.1, 0.15) is 11.9 Å². The summed E-state index contributed by atoms with van der Waals surface area (Å²) in [7, 11) is 0. The summed E-state index contributed by atoms with van der Waals surface area (Å²) in [6.07, 6.45) is 8.39. The molecule has 0 bridgehead atoms. The van der Waals surface area contributed by atoms with E-state index in [1.165, 1.54) is 12.1 Å². The maximum atomic E-state index is 12.9. The summed E-state index contributed by atoms with van der Waals surface area (Å²) in [5.74, 6) is 1.99. The van der Waals surface area contributed by atoms with Crippen molar-refractivity contribution in [3.8, 4) is 12.3 Å². The summed E-state index contributed by atoms with van der Waals surface area (Å²) < 4.78 is 12.9. The smallest absolute Gasteiger partial charge is 0.315 e. The third-order valence-corrected chi connectivity index (χ3v) is 4.44. The SMILES string of the molecule is C#CCCC1(CCNC(=O)C(CCC)NC(=O)NCc2ccc(F)cc2)N=N1. The van der Waals surface area contributed by atoms with E-state index in [2.05, 4.69) is 32.1 Å². The number of halogens is 1. The van der Waals surface area contributed by atoms with Crippen LogP contribution in [0.4, 0.5) is 9.18 Å². The van der Waals surface area contributed by atoms with Gasteiger partial charge in [0.15, 0.2) is 5.66 Å². The average molecular weight is 387 g/mol. The number of carbonyl (C=O) groups is 2. The van der Waals surface area contributed by atoms with E-state index >= 15 is 0 Å². The first-order chi connectivity index (χ1) is 13.5. The Balaban J connectivity index is 1.74. The molecule has 1 aliphatic rings. The molecule has 0 saturated heterocycles. The first kappa shape index (κ1) is 21.4. The van der Waals surface area contributed by atoms with Crippen molar-refractivity contribution >= 4 is 11.9 Å². The number of nitrogens with zero attached hydrogens (tertiary/aromatic N) is 2. The molecule has 1 aromatic carbocycles. The second-order valence-corrected chi connectivity index (χ2v) is 6.72. The molecular formula is C20H26FN5O2. The van der Waals surface area contributed by atoms with E-state index in [4.69, 9.17) is 6.42 Å². The second kappa shape index (κ2) is 10.4. The van der Waals surface area contributed by atoms with Crippen molar-refractivity contribution in [3.05, 3.63) is 35.6 Å². The Bertz CT molecular complexity index is 736. The second-order valence-electron chi connectivity index (χ2n) is 6.72. The lowest BCUT2D eigenvalue weighted by atomic mass is 10.0. The van der Waals surface area contributed by atoms with Gasteiger partial charge in [-0.05, 0) is 24.1 Å².